The lowest BCUT2D eigenvalue weighted by Crippen LogP contribution is -2.14. The zero-order valence-corrected chi connectivity index (χ0v) is 13.4. The Bertz CT molecular complexity index is 1120. The van der Waals surface area contributed by atoms with E-state index in [1.165, 1.54) is 30.3 Å². The number of carbonyl (C=O) groups excluding carboxylic acids is 1. The van der Waals surface area contributed by atoms with E-state index in [4.69, 9.17) is 9.47 Å². The summed E-state index contributed by atoms with van der Waals surface area (Å²) in [5.41, 5.74) is 0. The second kappa shape index (κ2) is 6.44. The lowest BCUT2D eigenvalue weighted by Gasteiger charge is -2.12. The molecular formula is C21H12F2O3. The maximum atomic E-state index is 14.4. The number of para-hydroxylation sites is 1. The third-order valence-corrected chi connectivity index (χ3v) is 4.00. The molecule has 5 heteroatoms. The van der Waals surface area contributed by atoms with Gasteiger partial charge in [-0.25, -0.2) is 13.6 Å². The van der Waals surface area contributed by atoms with Crippen LogP contribution in [0, 0.1) is 11.6 Å². The minimum atomic E-state index is -1.03. The molecule has 0 fully saturated rings. The summed E-state index contributed by atoms with van der Waals surface area (Å²) < 4.78 is 39.1. The fraction of sp³-hybridized carbons (Fsp3) is 0. The Hall–Kier alpha value is -3.47. The van der Waals surface area contributed by atoms with Crippen molar-refractivity contribution in [1.82, 2.24) is 0 Å². The Morgan fingerprint density at radius 3 is 2.27 bits per heavy atom. The van der Waals surface area contributed by atoms with Gasteiger partial charge in [-0.1, -0.05) is 42.5 Å². The van der Waals surface area contributed by atoms with Crippen molar-refractivity contribution >= 4 is 27.7 Å². The van der Waals surface area contributed by atoms with Gasteiger partial charge in [-0.15, -0.1) is 0 Å². The van der Waals surface area contributed by atoms with Gasteiger partial charge in [0.15, 0.2) is 5.75 Å². The predicted octanol–water partition coefficient (Wildman–Crippen LogP) is 5.85. The molecule has 0 spiro atoms. The molecule has 26 heavy (non-hydrogen) atoms. The SMILES string of the molecule is O=C(Oc1ccccc1)Oc1c2cccc(F)c2cc2cccc(F)c12. The van der Waals surface area contributed by atoms with Crippen LogP contribution in [0.5, 0.6) is 11.5 Å². The molecule has 0 aliphatic heterocycles. The zero-order valence-electron chi connectivity index (χ0n) is 13.4. The van der Waals surface area contributed by atoms with E-state index in [-0.39, 0.29) is 27.7 Å². The summed E-state index contributed by atoms with van der Waals surface area (Å²) >= 11 is 0. The van der Waals surface area contributed by atoms with Crippen LogP contribution in [-0.4, -0.2) is 6.16 Å². The fourth-order valence-electron chi connectivity index (χ4n) is 2.87. The van der Waals surface area contributed by atoms with Crippen LogP contribution in [0.4, 0.5) is 13.6 Å². The molecule has 0 aromatic heterocycles. The first-order valence-electron chi connectivity index (χ1n) is 7.87. The second-order valence-electron chi connectivity index (χ2n) is 5.65. The molecule has 0 aliphatic rings. The van der Waals surface area contributed by atoms with Gasteiger partial charge in [-0.3, -0.25) is 0 Å². The number of hydrogen-bond donors (Lipinski definition) is 0. The first kappa shape index (κ1) is 16.0. The smallest absolute Gasteiger partial charge is 0.395 e. The normalized spacial score (nSPS) is 10.8. The van der Waals surface area contributed by atoms with Crippen LogP contribution in [0.25, 0.3) is 21.5 Å². The monoisotopic (exact) mass is 350 g/mol. The van der Waals surface area contributed by atoms with E-state index < -0.39 is 17.8 Å². The lowest BCUT2D eigenvalue weighted by molar-refractivity contribution is 0.153. The highest BCUT2D eigenvalue weighted by molar-refractivity contribution is 6.06. The van der Waals surface area contributed by atoms with Crippen molar-refractivity contribution in [1.29, 1.82) is 0 Å². The van der Waals surface area contributed by atoms with Gasteiger partial charge in [0.05, 0.1) is 5.39 Å². The lowest BCUT2D eigenvalue weighted by atomic mass is 10.0. The van der Waals surface area contributed by atoms with Crippen LogP contribution < -0.4 is 9.47 Å². The third-order valence-electron chi connectivity index (χ3n) is 4.00. The van der Waals surface area contributed by atoms with Crippen LogP contribution in [0.1, 0.15) is 0 Å². The Labute approximate surface area is 147 Å². The highest BCUT2D eigenvalue weighted by Crippen LogP contribution is 2.37. The van der Waals surface area contributed by atoms with Crippen molar-refractivity contribution in [3.05, 3.63) is 84.4 Å². The van der Waals surface area contributed by atoms with Gasteiger partial charge in [0.25, 0.3) is 0 Å². The van der Waals surface area contributed by atoms with E-state index >= 15 is 0 Å². The van der Waals surface area contributed by atoms with Crippen molar-refractivity contribution in [2.45, 2.75) is 0 Å². The summed E-state index contributed by atoms with van der Waals surface area (Å²) in [6.45, 7) is 0. The van der Waals surface area contributed by atoms with Gasteiger partial charge < -0.3 is 9.47 Å². The van der Waals surface area contributed by atoms with Gasteiger partial charge >= 0.3 is 6.16 Å². The number of carbonyl (C=O) groups is 1. The van der Waals surface area contributed by atoms with Crippen LogP contribution in [-0.2, 0) is 0 Å². The molecule has 0 atom stereocenters. The average Bonchev–Trinajstić information content (AvgIpc) is 2.63. The molecular weight excluding hydrogens is 338 g/mol. The molecule has 3 nitrogen and oxygen atoms in total. The summed E-state index contributed by atoms with van der Waals surface area (Å²) in [5, 5.41) is 1.03. The van der Waals surface area contributed by atoms with E-state index in [1.54, 1.807) is 42.5 Å². The Kier molecular flexibility index (Phi) is 3.97. The molecule has 0 aliphatic carbocycles. The number of ether oxygens (including phenoxy) is 2. The molecule has 4 rings (SSSR count). The summed E-state index contributed by atoms with van der Waals surface area (Å²) in [6, 6.07) is 18.6. The largest absolute Gasteiger partial charge is 0.519 e. The Morgan fingerprint density at radius 2 is 1.46 bits per heavy atom. The Morgan fingerprint density at radius 1 is 0.731 bits per heavy atom. The van der Waals surface area contributed by atoms with Gasteiger partial charge in [-0.05, 0) is 35.7 Å². The van der Waals surface area contributed by atoms with Crippen molar-refractivity contribution in [3.63, 3.8) is 0 Å². The van der Waals surface area contributed by atoms with E-state index in [1.807, 2.05) is 0 Å². The van der Waals surface area contributed by atoms with E-state index in [0.29, 0.717) is 5.39 Å². The molecule has 0 amide bonds. The van der Waals surface area contributed by atoms with E-state index in [2.05, 4.69) is 0 Å². The third kappa shape index (κ3) is 2.84. The first-order valence-corrected chi connectivity index (χ1v) is 7.87. The fourth-order valence-corrected chi connectivity index (χ4v) is 2.87. The van der Waals surface area contributed by atoms with Crippen molar-refractivity contribution in [2.24, 2.45) is 0 Å². The summed E-state index contributed by atoms with van der Waals surface area (Å²) in [4.78, 5) is 12.2. The number of hydrogen-bond acceptors (Lipinski definition) is 3. The molecule has 0 saturated heterocycles. The van der Waals surface area contributed by atoms with Gasteiger partial charge in [0, 0.05) is 10.8 Å². The van der Waals surface area contributed by atoms with E-state index in [9.17, 15) is 13.6 Å². The van der Waals surface area contributed by atoms with Crippen LogP contribution in [0.15, 0.2) is 72.8 Å². The molecule has 4 aromatic carbocycles. The number of halogens is 2. The maximum Gasteiger partial charge on any atom is 0.519 e. The quantitative estimate of drug-likeness (QED) is 0.258. The molecule has 128 valence electrons. The highest BCUT2D eigenvalue weighted by Gasteiger charge is 2.18. The van der Waals surface area contributed by atoms with E-state index in [0.717, 1.165) is 0 Å². The predicted molar refractivity (Wildman–Crippen MR) is 94.5 cm³/mol. The number of benzene rings is 4. The number of rotatable bonds is 2. The summed E-state index contributed by atoms with van der Waals surface area (Å²) in [5.74, 6) is -0.851. The molecule has 0 saturated carbocycles. The van der Waals surface area contributed by atoms with Crippen molar-refractivity contribution in [3.8, 4) is 11.5 Å². The van der Waals surface area contributed by atoms with Crippen molar-refractivity contribution in [2.75, 3.05) is 0 Å². The zero-order chi connectivity index (χ0) is 18.1. The minimum Gasteiger partial charge on any atom is -0.395 e. The molecule has 0 N–H and O–H groups in total. The Balaban J connectivity index is 1.86. The topological polar surface area (TPSA) is 35.5 Å². The summed E-state index contributed by atoms with van der Waals surface area (Å²) in [6.07, 6.45) is -1.03. The number of fused-ring (bicyclic) bond motifs is 2. The standard InChI is InChI=1S/C21H12F2O3/c22-17-10-5-9-15-16(17)12-13-6-4-11-18(23)19(13)20(15)26-21(24)25-14-7-2-1-3-8-14/h1-12H. The highest BCUT2D eigenvalue weighted by atomic mass is 19.1. The molecule has 0 heterocycles. The molecule has 0 bridgehead atoms. The van der Waals surface area contributed by atoms with Crippen LogP contribution >= 0.6 is 0 Å². The molecule has 0 radical (unpaired) electrons. The molecule has 0 unspecified atom stereocenters. The first-order chi connectivity index (χ1) is 12.6. The van der Waals surface area contributed by atoms with Crippen molar-refractivity contribution < 1.29 is 23.0 Å². The van der Waals surface area contributed by atoms with Gasteiger partial charge in [0.2, 0.25) is 0 Å². The van der Waals surface area contributed by atoms with Crippen LogP contribution in [0.3, 0.4) is 0 Å². The maximum absolute atomic E-state index is 14.4. The summed E-state index contributed by atoms with van der Waals surface area (Å²) in [7, 11) is 0. The minimum absolute atomic E-state index is 0.0731. The second-order valence-corrected chi connectivity index (χ2v) is 5.65. The van der Waals surface area contributed by atoms with Gasteiger partial charge in [0.1, 0.15) is 17.4 Å². The van der Waals surface area contributed by atoms with Gasteiger partial charge in [-0.2, -0.15) is 0 Å². The average molecular weight is 350 g/mol. The molecule has 4 aromatic rings. The van der Waals surface area contributed by atoms with Crippen LogP contribution in [0.2, 0.25) is 0 Å².